The van der Waals surface area contributed by atoms with Gasteiger partial charge in [0.2, 0.25) is 20.9 Å². The Labute approximate surface area is 162 Å². The zero-order valence-corrected chi connectivity index (χ0v) is 15.7. The van der Waals surface area contributed by atoms with Gasteiger partial charge in [-0.25, -0.2) is 23.0 Å². The summed E-state index contributed by atoms with van der Waals surface area (Å²) in [6.07, 6.45) is -0.681. The van der Waals surface area contributed by atoms with Crippen LogP contribution in [0.3, 0.4) is 0 Å². The number of hydrogen-bond acceptors (Lipinski definition) is 7. The third-order valence-corrected chi connectivity index (χ3v) is 5.29. The van der Waals surface area contributed by atoms with E-state index in [0.717, 1.165) is 22.9 Å². The van der Waals surface area contributed by atoms with E-state index < -0.39 is 33.3 Å². The van der Waals surface area contributed by atoms with Crippen LogP contribution < -0.4 is 10.3 Å². The van der Waals surface area contributed by atoms with Crippen LogP contribution in [0.15, 0.2) is 46.7 Å². The quantitative estimate of drug-likeness (QED) is 0.593. The second-order valence-corrected chi connectivity index (χ2v) is 7.92. The molecule has 3 aromatic rings. The van der Waals surface area contributed by atoms with Gasteiger partial charge in [0, 0.05) is 23.9 Å². The van der Waals surface area contributed by atoms with E-state index in [-0.39, 0.29) is 23.0 Å². The molecule has 0 unspecified atom stereocenters. The van der Waals surface area contributed by atoms with Crippen LogP contribution in [0, 0.1) is 0 Å². The molecule has 0 spiro atoms. The summed E-state index contributed by atoms with van der Waals surface area (Å²) < 4.78 is 67.1. The van der Waals surface area contributed by atoms with Gasteiger partial charge in [-0.15, -0.1) is 0 Å². The van der Waals surface area contributed by atoms with Gasteiger partial charge in [-0.05, 0) is 6.07 Å². The number of alkyl halides is 3. The van der Waals surface area contributed by atoms with Crippen LogP contribution in [-0.4, -0.2) is 51.7 Å². The standard InChI is InChI=1S/C16H14F3N5O4S/c1-2-29(26,27)15-23-12(10-6-21-22-7-10)5-14(25)24(15)11-3-4-13(20-8-11)28-9-16(17,18)19/h3-8H,2,9H2,1H3,(H,21,22). The lowest BCUT2D eigenvalue weighted by Crippen LogP contribution is -2.26. The molecule has 0 aromatic carbocycles. The average Bonchev–Trinajstić information content (AvgIpc) is 3.20. The van der Waals surface area contributed by atoms with Crippen molar-refractivity contribution in [2.75, 3.05) is 12.4 Å². The Morgan fingerprint density at radius 2 is 2.00 bits per heavy atom. The van der Waals surface area contributed by atoms with E-state index in [1.807, 2.05) is 0 Å². The summed E-state index contributed by atoms with van der Waals surface area (Å²) in [6, 6.07) is 3.43. The summed E-state index contributed by atoms with van der Waals surface area (Å²) in [4.78, 5) is 20.5. The van der Waals surface area contributed by atoms with E-state index in [2.05, 4.69) is 24.9 Å². The lowest BCUT2D eigenvalue weighted by atomic mass is 10.2. The molecule has 0 aliphatic carbocycles. The molecule has 0 fully saturated rings. The number of hydrogen-bond donors (Lipinski definition) is 1. The Morgan fingerprint density at radius 1 is 1.24 bits per heavy atom. The van der Waals surface area contributed by atoms with Gasteiger partial charge in [-0.3, -0.25) is 9.89 Å². The highest BCUT2D eigenvalue weighted by Gasteiger charge is 2.29. The van der Waals surface area contributed by atoms with E-state index >= 15 is 0 Å². The molecule has 0 amide bonds. The minimum Gasteiger partial charge on any atom is -0.468 e. The van der Waals surface area contributed by atoms with Crippen LogP contribution in [0.1, 0.15) is 6.92 Å². The lowest BCUT2D eigenvalue weighted by Gasteiger charge is -2.13. The van der Waals surface area contributed by atoms with E-state index in [1.54, 1.807) is 0 Å². The molecule has 3 heterocycles. The number of aromatic nitrogens is 5. The number of H-pyrrole nitrogens is 1. The first kappa shape index (κ1) is 20.5. The maximum absolute atomic E-state index is 12.7. The van der Waals surface area contributed by atoms with E-state index in [4.69, 9.17) is 0 Å². The number of ether oxygens (including phenoxy) is 1. The van der Waals surface area contributed by atoms with Gasteiger partial charge in [-0.1, -0.05) is 6.92 Å². The van der Waals surface area contributed by atoms with Crippen molar-refractivity contribution in [3.8, 4) is 22.8 Å². The number of nitrogens with one attached hydrogen (secondary N) is 1. The average molecular weight is 429 g/mol. The van der Waals surface area contributed by atoms with Crippen LogP contribution in [0.2, 0.25) is 0 Å². The molecule has 0 saturated heterocycles. The molecule has 13 heteroatoms. The fourth-order valence-electron chi connectivity index (χ4n) is 2.32. The Hall–Kier alpha value is -3.22. The molecule has 9 nitrogen and oxygen atoms in total. The maximum Gasteiger partial charge on any atom is 0.422 e. The van der Waals surface area contributed by atoms with Crippen molar-refractivity contribution in [3.05, 3.63) is 47.1 Å². The lowest BCUT2D eigenvalue weighted by molar-refractivity contribution is -0.154. The Balaban J connectivity index is 2.08. The van der Waals surface area contributed by atoms with Crippen molar-refractivity contribution >= 4 is 9.84 Å². The first-order chi connectivity index (χ1) is 13.6. The van der Waals surface area contributed by atoms with Crippen LogP contribution in [-0.2, 0) is 9.84 Å². The maximum atomic E-state index is 12.7. The van der Waals surface area contributed by atoms with Gasteiger partial charge in [0.1, 0.15) is 0 Å². The molecule has 0 radical (unpaired) electrons. The summed E-state index contributed by atoms with van der Waals surface area (Å²) >= 11 is 0. The first-order valence-electron chi connectivity index (χ1n) is 8.13. The molecule has 3 aromatic heterocycles. The van der Waals surface area contributed by atoms with Gasteiger partial charge >= 0.3 is 6.18 Å². The van der Waals surface area contributed by atoms with E-state index in [0.29, 0.717) is 5.56 Å². The molecule has 0 aliphatic rings. The van der Waals surface area contributed by atoms with Crippen molar-refractivity contribution in [3.63, 3.8) is 0 Å². The molecule has 0 saturated carbocycles. The second kappa shape index (κ2) is 7.66. The van der Waals surface area contributed by atoms with Crippen molar-refractivity contribution < 1.29 is 26.3 Å². The van der Waals surface area contributed by atoms with Gasteiger partial charge in [0.05, 0.1) is 29.5 Å². The summed E-state index contributed by atoms with van der Waals surface area (Å²) in [7, 11) is -3.94. The number of rotatable bonds is 6. The van der Waals surface area contributed by atoms with Gasteiger partial charge < -0.3 is 4.74 Å². The van der Waals surface area contributed by atoms with Crippen LogP contribution in [0.5, 0.6) is 5.88 Å². The number of nitrogens with zero attached hydrogens (tertiary/aromatic N) is 4. The fraction of sp³-hybridized carbons (Fsp3) is 0.250. The van der Waals surface area contributed by atoms with Crippen molar-refractivity contribution in [2.24, 2.45) is 0 Å². The largest absolute Gasteiger partial charge is 0.468 e. The minimum absolute atomic E-state index is 0.00706. The van der Waals surface area contributed by atoms with Gasteiger partial charge in [0.15, 0.2) is 6.61 Å². The molecule has 154 valence electrons. The number of sulfone groups is 1. The number of halogens is 3. The SMILES string of the molecule is CCS(=O)(=O)c1nc(-c2cn[nH]c2)cc(=O)n1-c1ccc(OCC(F)(F)F)nc1. The molecular weight excluding hydrogens is 415 g/mol. The monoisotopic (exact) mass is 429 g/mol. The molecule has 29 heavy (non-hydrogen) atoms. The van der Waals surface area contributed by atoms with Crippen molar-refractivity contribution in [2.45, 2.75) is 18.3 Å². The fourth-order valence-corrected chi connectivity index (χ4v) is 3.29. The number of aromatic amines is 1. The van der Waals surface area contributed by atoms with E-state index in [1.165, 1.54) is 25.4 Å². The summed E-state index contributed by atoms with van der Waals surface area (Å²) in [5.74, 6) is -0.656. The summed E-state index contributed by atoms with van der Waals surface area (Å²) in [5, 5.41) is 5.76. The topological polar surface area (TPSA) is 120 Å². The zero-order valence-electron chi connectivity index (χ0n) is 14.8. The summed E-state index contributed by atoms with van der Waals surface area (Å²) in [5.41, 5.74) is -0.192. The van der Waals surface area contributed by atoms with Crippen LogP contribution in [0.4, 0.5) is 13.2 Å². The molecule has 0 bridgehead atoms. The highest BCUT2D eigenvalue weighted by Crippen LogP contribution is 2.21. The third-order valence-electron chi connectivity index (χ3n) is 3.70. The van der Waals surface area contributed by atoms with Crippen molar-refractivity contribution in [1.29, 1.82) is 0 Å². The molecule has 3 rings (SSSR count). The number of pyridine rings is 1. The predicted octanol–water partition coefficient (Wildman–Crippen LogP) is 1.75. The highest BCUT2D eigenvalue weighted by molar-refractivity contribution is 7.91. The minimum atomic E-state index is -4.54. The molecule has 0 aliphatic heterocycles. The highest BCUT2D eigenvalue weighted by atomic mass is 32.2. The van der Waals surface area contributed by atoms with E-state index in [9.17, 15) is 26.4 Å². The predicted molar refractivity (Wildman–Crippen MR) is 94.5 cm³/mol. The van der Waals surface area contributed by atoms with Crippen LogP contribution in [0.25, 0.3) is 16.9 Å². The zero-order chi connectivity index (χ0) is 21.2. The molecule has 1 N–H and O–H groups in total. The van der Waals surface area contributed by atoms with Crippen LogP contribution >= 0.6 is 0 Å². The van der Waals surface area contributed by atoms with Crippen molar-refractivity contribution in [1.82, 2.24) is 24.7 Å². The molecular formula is C16H14F3N5O4S. The molecule has 0 atom stereocenters. The Kier molecular flexibility index (Phi) is 5.42. The Bertz CT molecular complexity index is 1160. The van der Waals surface area contributed by atoms with Gasteiger partial charge in [0.25, 0.3) is 5.56 Å². The normalized spacial score (nSPS) is 12.1. The second-order valence-electron chi connectivity index (χ2n) is 5.75. The Morgan fingerprint density at radius 3 is 2.55 bits per heavy atom. The van der Waals surface area contributed by atoms with Gasteiger partial charge in [-0.2, -0.15) is 18.3 Å². The first-order valence-corrected chi connectivity index (χ1v) is 9.78. The third kappa shape index (κ3) is 4.62. The smallest absolute Gasteiger partial charge is 0.422 e. The summed E-state index contributed by atoms with van der Waals surface area (Å²) in [6.45, 7) is -0.140.